The summed E-state index contributed by atoms with van der Waals surface area (Å²) in [6.45, 7) is 2.82. The molecule has 3 rings (SSSR count). The minimum absolute atomic E-state index is 0.0815. The molecule has 1 saturated heterocycles. The Morgan fingerprint density at radius 1 is 1.31 bits per heavy atom. The van der Waals surface area contributed by atoms with Crippen LogP contribution in [0.4, 0.5) is 5.69 Å². The van der Waals surface area contributed by atoms with Crippen LogP contribution in [0.1, 0.15) is 17.5 Å². The summed E-state index contributed by atoms with van der Waals surface area (Å²) in [5.41, 5.74) is 2.87. The van der Waals surface area contributed by atoms with E-state index in [1.807, 2.05) is 31.2 Å². The van der Waals surface area contributed by atoms with E-state index < -0.39 is 0 Å². The zero-order valence-electron chi connectivity index (χ0n) is 14.8. The molecule has 0 bridgehead atoms. The fourth-order valence-electron chi connectivity index (χ4n) is 3.11. The zero-order valence-corrected chi connectivity index (χ0v) is 15.5. The molecule has 6 heteroatoms. The number of carbonyl (C=O) groups is 2. The Balaban J connectivity index is 1.63. The second-order valence-corrected chi connectivity index (χ2v) is 6.84. The van der Waals surface area contributed by atoms with E-state index in [1.54, 1.807) is 23.1 Å². The van der Waals surface area contributed by atoms with E-state index in [0.717, 1.165) is 11.1 Å². The van der Waals surface area contributed by atoms with Gasteiger partial charge in [0.1, 0.15) is 5.75 Å². The molecule has 0 aliphatic carbocycles. The molecule has 26 heavy (non-hydrogen) atoms. The number of nitrogens with one attached hydrogen (secondary N) is 1. The van der Waals surface area contributed by atoms with E-state index in [2.05, 4.69) is 5.32 Å². The number of hydrogen-bond donors (Lipinski definition) is 1. The van der Waals surface area contributed by atoms with Crippen molar-refractivity contribution in [2.24, 2.45) is 5.92 Å². The molecule has 1 fully saturated rings. The summed E-state index contributed by atoms with van der Waals surface area (Å²) in [6, 6.07) is 13.2. The van der Waals surface area contributed by atoms with Gasteiger partial charge in [-0.05, 0) is 30.7 Å². The Labute approximate surface area is 157 Å². The van der Waals surface area contributed by atoms with Crippen LogP contribution in [0.5, 0.6) is 5.75 Å². The molecule has 136 valence electrons. The number of rotatable bonds is 5. The van der Waals surface area contributed by atoms with Crippen molar-refractivity contribution in [3.8, 4) is 5.75 Å². The number of hydrogen-bond acceptors (Lipinski definition) is 3. The minimum Gasteiger partial charge on any atom is -0.495 e. The van der Waals surface area contributed by atoms with Crippen molar-refractivity contribution in [2.45, 2.75) is 19.9 Å². The standard InChI is InChI=1S/C20H21ClN2O3/c1-13-4-3-5-14(8-13)11-22-20(25)15-9-19(24)23(12-15)16-6-7-18(26-2)17(21)10-16/h3-8,10,15H,9,11-12H2,1-2H3,(H,22,25). The lowest BCUT2D eigenvalue weighted by molar-refractivity contribution is -0.126. The summed E-state index contributed by atoms with van der Waals surface area (Å²) in [7, 11) is 1.54. The van der Waals surface area contributed by atoms with E-state index in [-0.39, 0.29) is 24.2 Å². The highest BCUT2D eigenvalue weighted by Crippen LogP contribution is 2.32. The number of benzene rings is 2. The van der Waals surface area contributed by atoms with Crippen LogP contribution >= 0.6 is 11.6 Å². The molecule has 1 aliphatic rings. The maximum Gasteiger partial charge on any atom is 0.227 e. The van der Waals surface area contributed by atoms with Gasteiger partial charge in [-0.2, -0.15) is 0 Å². The van der Waals surface area contributed by atoms with Crippen molar-refractivity contribution in [3.05, 3.63) is 58.6 Å². The summed E-state index contributed by atoms with van der Waals surface area (Å²) >= 11 is 6.14. The molecule has 1 aliphatic heterocycles. The predicted molar refractivity (Wildman–Crippen MR) is 101 cm³/mol. The molecule has 1 heterocycles. The fraction of sp³-hybridized carbons (Fsp3) is 0.300. The summed E-state index contributed by atoms with van der Waals surface area (Å²) in [5, 5.41) is 3.36. The quantitative estimate of drug-likeness (QED) is 0.875. The number of amides is 2. The first-order valence-electron chi connectivity index (χ1n) is 8.45. The largest absolute Gasteiger partial charge is 0.495 e. The predicted octanol–water partition coefficient (Wildman–Crippen LogP) is 3.33. The highest BCUT2D eigenvalue weighted by molar-refractivity contribution is 6.32. The van der Waals surface area contributed by atoms with Gasteiger partial charge in [0, 0.05) is 25.2 Å². The Morgan fingerprint density at radius 3 is 2.81 bits per heavy atom. The molecule has 0 saturated carbocycles. The topological polar surface area (TPSA) is 58.6 Å². The first-order valence-corrected chi connectivity index (χ1v) is 8.83. The molecule has 2 aromatic carbocycles. The Kier molecular flexibility index (Phi) is 5.47. The molecule has 0 radical (unpaired) electrons. The maximum absolute atomic E-state index is 12.5. The third-order valence-electron chi connectivity index (χ3n) is 4.49. The molecule has 2 aromatic rings. The Bertz CT molecular complexity index is 838. The molecule has 2 amide bonds. The summed E-state index contributed by atoms with van der Waals surface area (Å²) < 4.78 is 5.13. The first-order chi connectivity index (χ1) is 12.5. The van der Waals surface area contributed by atoms with E-state index in [1.165, 1.54) is 7.11 Å². The summed E-state index contributed by atoms with van der Waals surface area (Å²) in [5.74, 6) is -0.00778. The van der Waals surface area contributed by atoms with Crippen LogP contribution in [0.25, 0.3) is 0 Å². The Hall–Kier alpha value is -2.53. The SMILES string of the molecule is COc1ccc(N2CC(C(=O)NCc3cccc(C)c3)CC2=O)cc1Cl. The fourth-order valence-corrected chi connectivity index (χ4v) is 3.36. The van der Waals surface area contributed by atoms with E-state index in [4.69, 9.17) is 16.3 Å². The third-order valence-corrected chi connectivity index (χ3v) is 4.79. The number of anilines is 1. The van der Waals surface area contributed by atoms with Crippen LogP contribution in [0, 0.1) is 12.8 Å². The lowest BCUT2D eigenvalue weighted by Crippen LogP contribution is -2.32. The number of methoxy groups -OCH3 is 1. The number of halogens is 1. The molecule has 1 N–H and O–H groups in total. The van der Waals surface area contributed by atoms with Gasteiger partial charge in [-0.3, -0.25) is 9.59 Å². The van der Waals surface area contributed by atoms with Gasteiger partial charge in [-0.15, -0.1) is 0 Å². The second-order valence-electron chi connectivity index (χ2n) is 6.43. The molecule has 0 spiro atoms. The average molecular weight is 373 g/mol. The van der Waals surface area contributed by atoms with Gasteiger partial charge in [-0.1, -0.05) is 41.4 Å². The van der Waals surface area contributed by atoms with Crippen LogP contribution in [0.15, 0.2) is 42.5 Å². The van der Waals surface area contributed by atoms with Crippen molar-refractivity contribution in [1.29, 1.82) is 0 Å². The smallest absolute Gasteiger partial charge is 0.227 e. The third kappa shape index (κ3) is 3.99. The number of carbonyl (C=O) groups excluding carboxylic acids is 2. The Morgan fingerprint density at radius 2 is 2.12 bits per heavy atom. The van der Waals surface area contributed by atoms with E-state index >= 15 is 0 Å². The van der Waals surface area contributed by atoms with Gasteiger partial charge in [0.25, 0.3) is 0 Å². The van der Waals surface area contributed by atoms with Crippen molar-refractivity contribution in [3.63, 3.8) is 0 Å². The van der Waals surface area contributed by atoms with Crippen LogP contribution in [0.2, 0.25) is 5.02 Å². The van der Waals surface area contributed by atoms with Gasteiger partial charge < -0.3 is 15.0 Å². The second kappa shape index (κ2) is 7.79. The van der Waals surface area contributed by atoms with Crippen LogP contribution < -0.4 is 15.0 Å². The lowest BCUT2D eigenvalue weighted by Gasteiger charge is -2.18. The highest BCUT2D eigenvalue weighted by Gasteiger charge is 2.35. The molecule has 0 aromatic heterocycles. The highest BCUT2D eigenvalue weighted by atomic mass is 35.5. The normalized spacial score (nSPS) is 16.7. The van der Waals surface area contributed by atoms with Gasteiger partial charge in [0.2, 0.25) is 11.8 Å². The number of ether oxygens (including phenoxy) is 1. The molecule has 1 unspecified atom stereocenters. The van der Waals surface area contributed by atoms with Crippen LogP contribution in [-0.4, -0.2) is 25.5 Å². The summed E-state index contributed by atoms with van der Waals surface area (Å²) in [6.07, 6.45) is 0.198. The minimum atomic E-state index is -0.367. The molecule has 5 nitrogen and oxygen atoms in total. The molecular weight excluding hydrogens is 352 g/mol. The van der Waals surface area contributed by atoms with Crippen molar-refractivity contribution in [2.75, 3.05) is 18.6 Å². The van der Waals surface area contributed by atoms with Gasteiger partial charge in [0.15, 0.2) is 0 Å². The average Bonchev–Trinajstić information content (AvgIpc) is 3.01. The maximum atomic E-state index is 12.5. The van der Waals surface area contributed by atoms with Gasteiger partial charge in [-0.25, -0.2) is 0 Å². The first kappa shape index (κ1) is 18.3. The van der Waals surface area contributed by atoms with Crippen molar-refractivity contribution >= 4 is 29.1 Å². The molecular formula is C20H21ClN2O3. The van der Waals surface area contributed by atoms with E-state index in [9.17, 15) is 9.59 Å². The van der Waals surface area contributed by atoms with Gasteiger partial charge >= 0.3 is 0 Å². The molecule has 1 atom stereocenters. The number of aryl methyl sites for hydroxylation is 1. The van der Waals surface area contributed by atoms with Crippen molar-refractivity contribution in [1.82, 2.24) is 5.32 Å². The zero-order chi connectivity index (χ0) is 18.7. The van der Waals surface area contributed by atoms with Crippen LogP contribution in [-0.2, 0) is 16.1 Å². The summed E-state index contributed by atoms with van der Waals surface area (Å²) in [4.78, 5) is 26.4. The van der Waals surface area contributed by atoms with Gasteiger partial charge in [0.05, 0.1) is 18.1 Å². The lowest BCUT2D eigenvalue weighted by atomic mass is 10.1. The van der Waals surface area contributed by atoms with Crippen molar-refractivity contribution < 1.29 is 14.3 Å². The number of nitrogens with zero attached hydrogens (tertiary/aromatic N) is 1. The van der Waals surface area contributed by atoms with Crippen LogP contribution in [0.3, 0.4) is 0 Å². The monoisotopic (exact) mass is 372 g/mol. The van der Waals surface area contributed by atoms with E-state index in [0.29, 0.717) is 29.5 Å².